The van der Waals surface area contributed by atoms with Crippen molar-refractivity contribution < 1.29 is 0 Å². The number of anilines is 1. The average Bonchev–Trinajstić information content (AvgIpc) is 2.33. The second-order valence-electron chi connectivity index (χ2n) is 2.29. The lowest BCUT2D eigenvalue weighted by atomic mass is 10.4. The molecule has 2 N–H and O–H groups in total. The van der Waals surface area contributed by atoms with Gasteiger partial charge in [0.25, 0.3) is 0 Å². The number of hydrogen-bond acceptors (Lipinski definition) is 2. The Morgan fingerprint density at radius 1 is 1.83 bits per heavy atom. The van der Waals surface area contributed by atoms with Crippen LogP contribution in [0.1, 0.15) is 5.69 Å². The molecule has 0 unspecified atom stereocenters. The first-order valence-electron chi connectivity index (χ1n) is 3.36. The van der Waals surface area contributed by atoms with Crippen molar-refractivity contribution in [3.63, 3.8) is 0 Å². The number of halogens is 1. The molecule has 62 valence electrons. The molecular formula is C8H8ClN3. The molecular weight excluding hydrogens is 174 g/mol. The van der Waals surface area contributed by atoms with Gasteiger partial charge >= 0.3 is 0 Å². The van der Waals surface area contributed by atoms with Crippen LogP contribution >= 0.6 is 11.6 Å². The van der Waals surface area contributed by atoms with Gasteiger partial charge in [-0.15, -0.1) is 6.58 Å². The van der Waals surface area contributed by atoms with E-state index in [9.17, 15) is 0 Å². The predicted octanol–water partition coefficient (Wildman–Crippen LogP) is 1.78. The van der Waals surface area contributed by atoms with E-state index in [-0.39, 0.29) is 0 Å². The van der Waals surface area contributed by atoms with E-state index in [1.807, 2.05) is 6.07 Å². The van der Waals surface area contributed by atoms with Crippen LogP contribution in [-0.2, 0) is 6.54 Å². The van der Waals surface area contributed by atoms with Crippen molar-refractivity contribution in [2.75, 3.05) is 5.73 Å². The van der Waals surface area contributed by atoms with Crippen molar-refractivity contribution in [2.45, 2.75) is 6.54 Å². The Morgan fingerprint density at radius 2 is 2.50 bits per heavy atom. The zero-order chi connectivity index (χ0) is 9.14. The molecule has 0 radical (unpaired) electrons. The van der Waals surface area contributed by atoms with E-state index in [4.69, 9.17) is 22.6 Å². The fraction of sp³-hybridized carbons (Fsp3) is 0.125. The van der Waals surface area contributed by atoms with Crippen molar-refractivity contribution in [1.29, 1.82) is 5.26 Å². The minimum atomic E-state index is 0.395. The highest BCUT2D eigenvalue weighted by molar-refractivity contribution is 6.32. The lowest BCUT2D eigenvalue weighted by Gasteiger charge is -2.00. The summed E-state index contributed by atoms with van der Waals surface area (Å²) in [6, 6.07) is 3.54. The zero-order valence-corrected chi connectivity index (χ0v) is 7.17. The van der Waals surface area contributed by atoms with Gasteiger partial charge in [-0.05, 0) is 6.07 Å². The Kier molecular flexibility index (Phi) is 2.41. The lowest BCUT2D eigenvalue weighted by molar-refractivity contribution is 0.819. The Balaban J connectivity index is 3.23. The minimum absolute atomic E-state index is 0.395. The molecule has 3 nitrogen and oxygen atoms in total. The van der Waals surface area contributed by atoms with Gasteiger partial charge < -0.3 is 10.3 Å². The summed E-state index contributed by atoms with van der Waals surface area (Å²) in [6.07, 6.45) is 1.66. The number of hydrogen-bond donors (Lipinski definition) is 1. The molecule has 0 bridgehead atoms. The summed E-state index contributed by atoms with van der Waals surface area (Å²) in [5.41, 5.74) is 6.39. The molecule has 12 heavy (non-hydrogen) atoms. The summed E-state index contributed by atoms with van der Waals surface area (Å²) in [4.78, 5) is 0. The van der Waals surface area contributed by atoms with Gasteiger partial charge in [-0.25, -0.2) is 0 Å². The molecule has 0 spiro atoms. The number of rotatable bonds is 2. The summed E-state index contributed by atoms with van der Waals surface area (Å²) in [7, 11) is 0. The number of aromatic nitrogens is 1. The van der Waals surface area contributed by atoms with Gasteiger partial charge in [-0.1, -0.05) is 17.7 Å². The fourth-order valence-electron chi connectivity index (χ4n) is 0.947. The molecule has 1 rings (SSSR count). The normalized spacial score (nSPS) is 9.33. The number of nitriles is 1. The first-order chi connectivity index (χ1) is 5.70. The van der Waals surface area contributed by atoms with Gasteiger partial charge in [-0.3, -0.25) is 0 Å². The zero-order valence-electron chi connectivity index (χ0n) is 6.42. The van der Waals surface area contributed by atoms with E-state index in [0.717, 1.165) is 0 Å². The van der Waals surface area contributed by atoms with Gasteiger partial charge in [0.2, 0.25) is 0 Å². The first-order valence-corrected chi connectivity index (χ1v) is 3.74. The van der Waals surface area contributed by atoms with Gasteiger partial charge in [0.15, 0.2) is 0 Å². The van der Waals surface area contributed by atoms with Crippen molar-refractivity contribution in [1.82, 2.24) is 4.57 Å². The number of allylic oxidation sites excluding steroid dienone is 1. The highest BCUT2D eigenvalue weighted by Gasteiger charge is 2.08. The van der Waals surface area contributed by atoms with Crippen molar-refractivity contribution in [3.05, 3.63) is 29.6 Å². The topological polar surface area (TPSA) is 54.7 Å². The fourth-order valence-corrected chi connectivity index (χ4v) is 1.16. The quantitative estimate of drug-likeness (QED) is 0.708. The van der Waals surface area contributed by atoms with Crippen LogP contribution in [0.5, 0.6) is 0 Å². The highest BCUT2D eigenvalue weighted by Crippen LogP contribution is 2.23. The average molecular weight is 182 g/mol. The largest absolute Gasteiger partial charge is 0.396 e. The maximum Gasteiger partial charge on any atom is 0.133 e. The summed E-state index contributed by atoms with van der Waals surface area (Å²) in [5, 5.41) is 9.06. The SMILES string of the molecule is C=CCn1c(C#N)cc(N)c1Cl. The third-order valence-electron chi connectivity index (χ3n) is 1.48. The van der Waals surface area contributed by atoms with Crippen LogP contribution in [-0.4, -0.2) is 4.57 Å². The van der Waals surface area contributed by atoms with E-state index in [1.54, 1.807) is 16.7 Å². The van der Waals surface area contributed by atoms with E-state index in [0.29, 0.717) is 23.1 Å². The third-order valence-corrected chi connectivity index (χ3v) is 1.91. The van der Waals surface area contributed by atoms with Crippen molar-refractivity contribution in [3.8, 4) is 6.07 Å². The van der Waals surface area contributed by atoms with Crippen LogP contribution in [0.3, 0.4) is 0 Å². The molecule has 0 saturated heterocycles. The Hall–Kier alpha value is -1.40. The molecule has 0 atom stereocenters. The van der Waals surface area contributed by atoms with Crippen LogP contribution in [0.2, 0.25) is 5.15 Å². The van der Waals surface area contributed by atoms with Crippen LogP contribution < -0.4 is 5.73 Å². The standard InChI is InChI=1S/C8H8ClN3/c1-2-3-12-6(5-10)4-7(11)8(12)9/h2,4H,1,3,11H2. The Morgan fingerprint density at radius 3 is 3.00 bits per heavy atom. The molecule has 1 heterocycles. The summed E-state index contributed by atoms with van der Waals surface area (Å²) in [6.45, 7) is 4.05. The smallest absolute Gasteiger partial charge is 0.133 e. The van der Waals surface area contributed by atoms with Crippen LogP contribution in [0.25, 0.3) is 0 Å². The second kappa shape index (κ2) is 3.33. The van der Waals surface area contributed by atoms with E-state index < -0.39 is 0 Å². The molecule has 0 aliphatic carbocycles. The minimum Gasteiger partial charge on any atom is -0.396 e. The molecule has 4 heteroatoms. The second-order valence-corrected chi connectivity index (χ2v) is 2.64. The Bertz CT molecular complexity index is 346. The van der Waals surface area contributed by atoms with Gasteiger partial charge in [0.1, 0.15) is 16.9 Å². The van der Waals surface area contributed by atoms with Gasteiger partial charge in [0.05, 0.1) is 5.69 Å². The maximum atomic E-state index is 8.66. The Labute approximate surface area is 75.7 Å². The summed E-state index contributed by atoms with van der Waals surface area (Å²) >= 11 is 5.81. The number of nitrogen functional groups attached to an aromatic ring is 1. The van der Waals surface area contributed by atoms with Crippen molar-refractivity contribution >= 4 is 17.3 Å². The number of nitrogens with two attached hydrogens (primary N) is 1. The predicted molar refractivity (Wildman–Crippen MR) is 48.8 cm³/mol. The molecule has 0 aliphatic rings. The third kappa shape index (κ3) is 1.29. The van der Waals surface area contributed by atoms with Crippen LogP contribution in [0.15, 0.2) is 18.7 Å². The molecule has 0 saturated carbocycles. The molecule has 1 aromatic heterocycles. The molecule has 1 aromatic rings. The number of nitrogens with zero attached hydrogens (tertiary/aromatic N) is 2. The molecule has 0 fully saturated rings. The van der Waals surface area contributed by atoms with E-state index in [2.05, 4.69) is 6.58 Å². The first kappa shape index (κ1) is 8.69. The van der Waals surface area contributed by atoms with Crippen LogP contribution in [0.4, 0.5) is 5.69 Å². The molecule has 0 aromatic carbocycles. The highest BCUT2D eigenvalue weighted by atomic mass is 35.5. The maximum absolute atomic E-state index is 8.66. The van der Waals surface area contributed by atoms with Crippen LogP contribution in [0, 0.1) is 11.3 Å². The van der Waals surface area contributed by atoms with E-state index in [1.165, 1.54) is 0 Å². The molecule has 0 amide bonds. The lowest BCUT2D eigenvalue weighted by Crippen LogP contribution is -1.97. The van der Waals surface area contributed by atoms with Crippen molar-refractivity contribution in [2.24, 2.45) is 0 Å². The van der Waals surface area contributed by atoms with Gasteiger partial charge in [-0.2, -0.15) is 5.26 Å². The molecule has 0 aliphatic heterocycles. The summed E-state index contributed by atoms with van der Waals surface area (Å²) in [5.74, 6) is 0. The van der Waals surface area contributed by atoms with E-state index >= 15 is 0 Å². The summed E-state index contributed by atoms with van der Waals surface area (Å²) < 4.78 is 1.60. The van der Waals surface area contributed by atoms with Gasteiger partial charge in [0, 0.05) is 6.54 Å². The monoisotopic (exact) mass is 181 g/mol.